The second-order valence-corrected chi connectivity index (χ2v) is 6.15. The average molecular weight is 296 g/mol. The molecule has 3 heterocycles. The van der Waals surface area contributed by atoms with Crippen molar-refractivity contribution >= 4 is 27.8 Å². The first kappa shape index (κ1) is 13.4. The summed E-state index contributed by atoms with van der Waals surface area (Å²) >= 11 is 0. The van der Waals surface area contributed by atoms with Crippen molar-refractivity contribution in [1.29, 1.82) is 0 Å². The summed E-state index contributed by atoms with van der Waals surface area (Å²) in [5, 5.41) is 1.09. The number of ether oxygens (including phenoxy) is 1. The van der Waals surface area contributed by atoms with Gasteiger partial charge >= 0.3 is 0 Å². The van der Waals surface area contributed by atoms with E-state index in [4.69, 9.17) is 4.74 Å². The van der Waals surface area contributed by atoms with Crippen LogP contribution in [0.1, 0.15) is 19.8 Å². The van der Waals surface area contributed by atoms with Crippen LogP contribution >= 0.6 is 0 Å². The lowest BCUT2D eigenvalue weighted by atomic mass is 10.0. The van der Waals surface area contributed by atoms with Crippen molar-refractivity contribution in [3.8, 4) is 5.75 Å². The number of H-pyrrole nitrogens is 1. The number of methoxy groups -OCH3 is 1. The molecule has 1 saturated heterocycles. The monoisotopic (exact) mass is 296 g/mol. The Hall–Kier alpha value is -2.30. The topological polar surface area (TPSA) is 54.0 Å². The number of rotatable bonds is 2. The van der Waals surface area contributed by atoms with E-state index in [1.165, 1.54) is 12.8 Å². The smallest absolute Gasteiger partial charge is 0.156 e. The number of nitrogens with zero attached hydrogens (tertiary/aromatic N) is 3. The van der Waals surface area contributed by atoms with Gasteiger partial charge in [0.2, 0.25) is 0 Å². The van der Waals surface area contributed by atoms with Crippen molar-refractivity contribution in [3.63, 3.8) is 0 Å². The van der Waals surface area contributed by atoms with Gasteiger partial charge in [-0.2, -0.15) is 0 Å². The molecule has 5 heteroatoms. The normalized spacial score (nSPS) is 19.0. The molecule has 5 nitrogen and oxygen atoms in total. The van der Waals surface area contributed by atoms with Crippen LogP contribution in [0.3, 0.4) is 0 Å². The zero-order valence-corrected chi connectivity index (χ0v) is 13.0. The summed E-state index contributed by atoms with van der Waals surface area (Å²) in [5.74, 6) is 2.58. The quantitative estimate of drug-likeness (QED) is 0.788. The first-order valence-electron chi connectivity index (χ1n) is 7.81. The predicted molar refractivity (Wildman–Crippen MR) is 88.6 cm³/mol. The number of benzene rings is 1. The highest BCUT2D eigenvalue weighted by Gasteiger charge is 2.21. The lowest BCUT2D eigenvalue weighted by molar-refractivity contribution is 0.415. The van der Waals surface area contributed by atoms with E-state index in [2.05, 4.69) is 26.8 Å². The molecule has 3 aromatic rings. The van der Waals surface area contributed by atoms with Gasteiger partial charge in [0.15, 0.2) is 5.82 Å². The zero-order chi connectivity index (χ0) is 15.1. The van der Waals surface area contributed by atoms with Gasteiger partial charge in [0.1, 0.15) is 23.1 Å². The molecule has 0 unspecified atom stereocenters. The van der Waals surface area contributed by atoms with Gasteiger partial charge in [0, 0.05) is 24.0 Å². The molecule has 1 atom stereocenters. The summed E-state index contributed by atoms with van der Waals surface area (Å²) in [6, 6.07) is 6.04. The Morgan fingerprint density at radius 3 is 3.05 bits per heavy atom. The summed E-state index contributed by atoms with van der Waals surface area (Å²) in [5.41, 5.74) is 3.07. The van der Waals surface area contributed by atoms with Gasteiger partial charge in [0.05, 0.1) is 7.11 Å². The third-order valence-electron chi connectivity index (χ3n) is 4.53. The van der Waals surface area contributed by atoms with Gasteiger partial charge < -0.3 is 14.6 Å². The Bertz CT molecular complexity index is 826. The lowest BCUT2D eigenvalue weighted by Gasteiger charge is -2.31. The van der Waals surface area contributed by atoms with Gasteiger partial charge in [-0.15, -0.1) is 0 Å². The molecule has 0 spiro atoms. The summed E-state index contributed by atoms with van der Waals surface area (Å²) < 4.78 is 5.33. The van der Waals surface area contributed by atoms with Gasteiger partial charge in [-0.1, -0.05) is 6.92 Å². The Balaban J connectivity index is 1.89. The fraction of sp³-hybridized carbons (Fsp3) is 0.412. The van der Waals surface area contributed by atoms with E-state index in [1.54, 1.807) is 13.4 Å². The van der Waals surface area contributed by atoms with Crippen molar-refractivity contribution in [1.82, 2.24) is 15.0 Å². The molecule has 0 saturated carbocycles. The molecule has 0 radical (unpaired) electrons. The highest BCUT2D eigenvalue weighted by molar-refractivity contribution is 6.08. The first-order valence-corrected chi connectivity index (χ1v) is 7.81. The molecule has 22 heavy (non-hydrogen) atoms. The Morgan fingerprint density at radius 1 is 1.32 bits per heavy atom. The van der Waals surface area contributed by atoms with Crippen LogP contribution in [0.2, 0.25) is 0 Å². The molecule has 0 amide bonds. The minimum absolute atomic E-state index is 0.711. The number of anilines is 1. The highest BCUT2D eigenvalue weighted by atomic mass is 16.5. The summed E-state index contributed by atoms with van der Waals surface area (Å²) in [4.78, 5) is 14.9. The molecular weight excluding hydrogens is 276 g/mol. The maximum Gasteiger partial charge on any atom is 0.156 e. The van der Waals surface area contributed by atoms with E-state index in [9.17, 15) is 0 Å². The number of hydrogen-bond donors (Lipinski definition) is 1. The molecule has 1 aromatic carbocycles. The maximum absolute atomic E-state index is 5.33. The maximum atomic E-state index is 5.33. The minimum atomic E-state index is 0.711. The fourth-order valence-electron chi connectivity index (χ4n) is 3.41. The Morgan fingerprint density at radius 2 is 2.23 bits per heavy atom. The number of hydrogen-bond acceptors (Lipinski definition) is 4. The number of aromatic amines is 1. The van der Waals surface area contributed by atoms with Gasteiger partial charge in [-0.05, 0) is 37.0 Å². The molecular formula is C17H20N4O. The molecule has 1 aliphatic heterocycles. The first-order chi connectivity index (χ1) is 10.8. The van der Waals surface area contributed by atoms with Crippen molar-refractivity contribution < 1.29 is 4.74 Å². The number of fused-ring (bicyclic) bond motifs is 3. The van der Waals surface area contributed by atoms with Gasteiger partial charge in [-0.25, -0.2) is 9.97 Å². The highest BCUT2D eigenvalue weighted by Crippen LogP contribution is 2.32. The lowest BCUT2D eigenvalue weighted by Crippen LogP contribution is -2.35. The third-order valence-corrected chi connectivity index (χ3v) is 4.53. The molecule has 1 N–H and O–H groups in total. The van der Waals surface area contributed by atoms with Crippen LogP contribution in [0.15, 0.2) is 24.5 Å². The minimum Gasteiger partial charge on any atom is -0.497 e. The second kappa shape index (κ2) is 5.16. The van der Waals surface area contributed by atoms with E-state index in [0.29, 0.717) is 5.92 Å². The Kier molecular flexibility index (Phi) is 3.13. The zero-order valence-electron chi connectivity index (χ0n) is 13.0. The molecule has 1 aliphatic rings. The van der Waals surface area contributed by atoms with Crippen molar-refractivity contribution in [2.45, 2.75) is 19.8 Å². The number of aromatic nitrogens is 3. The molecule has 4 rings (SSSR count). The predicted octanol–water partition coefficient (Wildman–Crippen LogP) is 3.36. The summed E-state index contributed by atoms with van der Waals surface area (Å²) in [7, 11) is 1.69. The summed E-state index contributed by atoms with van der Waals surface area (Å²) in [6.45, 7) is 4.43. The molecule has 2 aromatic heterocycles. The number of piperidine rings is 1. The molecule has 114 valence electrons. The molecule has 0 bridgehead atoms. The van der Waals surface area contributed by atoms with E-state index < -0.39 is 0 Å². The molecule has 0 aliphatic carbocycles. The summed E-state index contributed by atoms with van der Waals surface area (Å²) in [6.07, 6.45) is 4.19. The second-order valence-electron chi connectivity index (χ2n) is 6.15. The van der Waals surface area contributed by atoms with Crippen molar-refractivity contribution in [2.75, 3.05) is 25.1 Å². The van der Waals surface area contributed by atoms with Crippen LogP contribution in [0.5, 0.6) is 5.75 Å². The van der Waals surface area contributed by atoms with Crippen LogP contribution < -0.4 is 9.64 Å². The van der Waals surface area contributed by atoms with E-state index in [0.717, 1.165) is 46.6 Å². The van der Waals surface area contributed by atoms with E-state index >= 15 is 0 Å². The van der Waals surface area contributed by atoms with Crippen LogP contribution in [-0.4, -0.2) is 35.2 Å². The van der Waals surface area contributed by atoms with Crippen LogP contribution in [0, 0.1) is 5.92 Å². The average Bonchev–Trinajstić information content (AvgIpc) is 2.92. The van der Waals surface area contributed by atoms with Crippen LogP contribution in [-0.2, 0) is 0 Å². The fourth-order valence-corrected chi connectivity index (χ4v) is 3.41. The van der Waals surface area contributed by atoms with Gasteiger partial charge in [0.25, 0.3) is 0 Å². The van der Waals surface area contributed by atoms with Crippen LogP contribution in [0.4, 0.5) is 5.82 Å². The van der Waals surface area contributed by atoms with E-state index in [-0.39, 0.29) is 0 Å². The number of nitrogens with one attached hydrogen (secondary N) is 1. The SMILES string of the molecule is COc1ccc2[nH]c3c(N4CCC[C@H](C)C4)ncnc3c2c1. The van der Waals surface area contributed by atoms with Crippen molar-refractivity contribution in [3.05, 3.63) is 24.5 Å². The van der Waals surface area contributed by atoms with Crippen LogP contribution in [0.25, 0.3) is 21.9 Å². The third kappa shape index (κ3) is 2.08. The molecule has 1 fully saturated rings. The van der Waals surface area contributed by atoms with Gasteiger partial charge in [-0.3, -0.25) is 0 Å². The largest absolute Gasteiger partial charge is 0.497 e. The van der Waals surface area contributed by atoms with E-state index in [1.807, 2.05) is 18.2 Å². The standard InChI is InChI=1S/C17H20N4O/c1-11-4-3-7-21(9-11)17-16-15(18-10-19-17)13-8-12(22-2)5-6-14(13)20-16/h5-6,8,10-11,20H,3-4,7,9H2,1-2H3/t11-/m0/s1. The van der Waals surface area contributed by atoms with Crippen molar-refractivity contribution in [2.24, 2.45) is 5.92 Å². The Labute approximate surface area is 129 Å².